The third kappa shape index (κ3) is 6.10. The lowest BCUT2D eigenvalue weighted by molar-refractivity contribution is -0.137. The summed E-state index contributed by atoms with van der Waals surface area (Å²) in [6.45, 7) is 2.17. The van der Waals surface area contributed by atoms with Gasteiger partial charge in [-0.3, -0.25) is 9.10 Å². The molecule has 0 aliphatic carbocycles. The van der Waals surface area contributed by atoms with Crippen molar-refractivity contribution in [3.8, 4) is 0 Å². The van der Waals surface area contributed by atoms with E-state index in [9.17, 15) is 31.2 Å². The molecule has 0 bridgehead atoms. The van der Waals surface area contributed by atoms with Crippen LogP contribution in [0, 0.1) is 6.92 Å². The van der Waals surface area contributed by atoms with E-state index in [-0.39, 0.29) is 21.1 Å². The summed E-state index contributed by atoms with van der Waals surface area (Å²) in [5.74, 6) is -1.48. The first-order valence-electron chi connectivity index (χ1n) is 11.8. The number of esters is 1. The fourth-order valence-corrected chi connectivity index (χ4v) is 6.97. The van der Waals surface area contributed by atoms with E-state index in [1.54, 1.807) is 19.1 Å². The lowest BCUT2D eigenvalue weighted by Crippen LogP contribution is -2.38. The lowest BCUT2D eigenvalue weighted by atomic mass is 10.0. The maximum Gasteiger partial charge on any atom is 0.416 e. The molecular weight excluding hydrogens is 555 g/mol. The van der Waals surface area contributed by atoms with Crippen LogP contribution >= 0.6 is 11.3 Å². The number of benzene rings is 2. The largest absolute Gasteiger partial charge is 0.465 e. The van der Waals surface area contributed by atoms with Crippen molar-refractivity contribution in [3.63, 3.8) is 0 Å². The minimum Gasteiger partial charge on any atom is -0.465 e. The number of anilines is 2. The number of fused-ring (bicyclic) bond motifs is 1. The van der Waals surface area contributed by atoms with Gasteiger partial charge in [-0.05, 0) is 56.3 Å². The molecule has 1 amide bonds. The zero-order valence-electron chi connectivity index (χ0n) is 21.3. The van der Waals surface area contributed by atoms with Gasteiger partial charge in [0.15, 0.2) is 0 Å². The topological polar surface area (TPSA) is 96.0 Å². The molecule has 0 fully saturated rings. The highest BCUT2D eigenvalue weighted by atomic mass is 32.2. The Morgan fingerprint density at radius 1 is 1.15 bits per heavy atom. The van der Waals surface area contributed by atoms with E-state index >= 15 is 0 Å². The number of ether oxygens (including phenoxy) is 1. The van der Waals surface area contributed by atoms with Gasteiger partial charge in [-0.1, -0.05) is 23.8 Å². The number of nitrogens with zero attached hydrogens (tertiary/aromatic N) is 2. The SMILES string of the molecule is COC(=O)c1c(NC(=O)CN(c2cccc(C(F)(F)F)c2)S(=O)(=O)c2ccc(C)cc2)sc2c1CCN(C)C2. The Balaban J connectivity index is 1.72. The quantitative estimate of drug-likeness (QED) is 0.407. The van der Waals surface area contributed by atoms with Crippen molar-refractivity contribution in [1.29, 1.82) is 0 Å². The standard InChI is InChI=1S/C26H26F3N3O5S2/c1-16-7-9-19(10-8-16)39(35,36)32(18-6-4-5-17(13-18)26(27,28)29)15-22(33)30-24-23(25(34)37-3)20-11-12-31(2)14-21(20)38-24/h4-10,13H,11-12,14-15H2,1-3H3,(H,30,33). The summed E-state index contributed by atoms with van der Waals surface area (Å²) in [4.78, 5) is 28.6. The Morgan fingerprint density at radius 3 is 2.49 bits per heavy atom. The second-order valence-corrected chi connectivity index (χ2v) is 12.1. The second-order valence-electron chi connectivity index (χ2n) is 9.11. The molecule has 0 saturated heterocycles. The molecule has 2 aromatic carbocycles. The van der Waals surface area contributed by atoms with Gasteiger partial charge < -0.3 is 15.0 Å². The molecule has 0 atom stereocenters. The highest BCUT2D eigenvalue weighted by Gasteiger charge is 2.34. The number of alkyl halides is 3. The summed E-state index contributed by atoms with van der Waals surface area (Å²) in [6.07, 6.45) is -4.17. The molecule has 2 heterocycles. The van der Waals surface area contributed by atoms with Crippen molar-refractivity contribution in [2.24, 2.45) is 0 Å². The van der Waals surface area contributed by atoms with Gasteiger partial charge in [0.05, 0.1) is 28.8 Å². The van der Waals surface area contributed by atoms with E-state index in [0.717, 1.165) is 28.1 Å². The van der Waals surface area contributed by atoms with Crippen molar-refractivity contribution in [3.05, 3.63) is 75.7 Å². The number of methoxy groups -OCH3 is 1. The molecule has 0 saturated carbocycles. The molecule has 1 N–H and O–H groups in total. The van der Waals surface area contributed by atoms with Crippen molar-refractivity contribution >= 4 is 43.9 Å². The number of halogens is 3. The second kappa shape index (κ2) is 11.0. The summed E-state index contributed by atoms with van der Waals surface area (Å²) in [5.41, 5.74) is 0.335. The van der Waals surface area contributed by atoms with E-state index < -0.39 is 40.2 Å². The average Bonchev–Trinajstić information content (AvgIpc) is 3.23. The first-order chi connectivity index (χ1) is 18.3. The highest BCUT2D eigenvalue weighted by molar-refractivity contribution is 7.92. The van der Waals surface area contributed by atoms with Crippen LogP contribution in [0.2, 0.25) is 0 Å². The van der Waals surface area contributed by atoms with Crippen molar-refractivity contribution < 1.29 is 35.9 Å². The Labute approximate surface area is 228 Å². The molecule has 0 unspecified atom stereocenters. The molecule has 39 heavy (non-hydrogen) atoms. The number of amides is 1. The normalized spacial score (nSPS) is 14.0. The molecule has 208 valence electrons. The van der Waals surface area contributed by atoms with Crippen molar-refractivity contribution in [2.45, 2.75) is 31.0 Å². The summed E-state index contributed by atoms with van der Waals surface area (Å²) in [7, 11) is -1.31. The minimum absolute atomic E-state index is 0.191. The van der Waals surface area contributed by atoms with Crippen LogP contribution in [-0.2, 0) is 38.7 Å². The summed E-state index contributed by atoms with van der Waals surface area (Å²) >= 11 is 1.18. The molecule has 4 rings (SSSR count). The Morgan fingerprint density at radius 2 is 1.85 bits per heavy atom. The molecule has 13 heteroatoms. The van der Waals surface area contributed by atoms with Gasteiger partial charge in [0.1, 0.15) is 11.5 Å². The van der Waals surface area contributed by atoms with Crippen molar-refractivity contribution in [1.82, 2.24) is 4.90 Å². The van der Waals surface area contributed by atoms with Crippen LogP contribution < -0.4 is 9.62 Å². The maximum absolute atomic E-state index is 13.6. The summed E-state index contributed by atoms with van der Waals surface area (Å²) < 4.78 is 73.1. The maximum atomic E-state index is 13.6. The fourth-order valence-electron chi connectivity index (χ4n) is 4.22. The number of sulfonamides is 1. The van der Waals surface area contributed by atoms with Gasteiger partial charge in [-0.25, -0.2) is 13.2 Å². The predicted molar refractivity (Wildman–Crippen MR) is 141 cm³/mol. The number of rotatable bonds is 7. The van der Waals surface area contributed by atoms with Crippen LogP contribution in [0.15, 0.2) is 53.4 Å². The van der Waals surface area contributed by atoms with E-state index in [1.807, 2.05) is 7.05 Å². The van der Waals surface area contributed by atoms with Crippen LogP contribution in [0.1, 0.15) is 31.9 Å². The number of carbonyl (C=O) groups is 2. The van der Waals surface area contributed by atoms with E-state index in [0.29, 0.717) is 29.9 Å². The molecule has 1 aliphatic rings. The first-order valence-corrected chi connectivity index (χ1v) is 14.0. The smallest absolute Gasteiger partial charge is 0.416 e. The average molecular weight is 582 g/mol. The van der Waals surface area contributed by atoms with Crippen LogP contribution in [0.5, 0.6) is 0 Å². The molecule has 3 aromatic rings. The number of carbonyl (C=O) groups excluding carboxylic acids is 2. The highest BCUT2D eigenvalue weighted by Crippen LogP contribution is 2.38. The molecule has 8 nitrogen and oxygen atoms in total. The van der Waals surface area contributed by atoms with Crippen LogP contribution in [0.3, 0.4) is 0 Å². The van der Waals surface area contributed by atoms with Gasteiger partial charge in [0.2, 0.25) is 5.91 Å². The van der Waals surface area contributed by atoms with Crippen LogP contribution in [0.4, 0.5) is 23.9 Å². The van der Waals surface area contributed by atoms with E-state index in [2.05, 4.69) is 10.2 Å². The Hall–Kier alpha value is -3.42. The van der Waals surface area contributed by atoms with Gasteiger partial charge in [-0.15, -0.1) is 11.3 Å². The zero-order chi connectivity index (χ0) is 28.5. The summed E-state index contributed by atoms with van der Waals surface area (Å²) in [5, 5.41) is 2.81. The van der Waals surface area contributed by atoms with Crippen molar-refractivity contribution in [2.75, 3.05) is 36.9 Å². The molecule has 1 aliphatic heterocycles. The van der Waals surface area contributed by atoms with Gasteiger partial charge in [0.25, 0.3) is 10.0 Å². The Kier molecular flexibility index (Phi) is 8.05. The van der Waals surface area contributed by atoms with Crippen LogP contribution in [0.25, 0.3) is 0 Å². The number of aryl methyl sites for hydroxylation is 1. The van der Waals surface area contributed by atoms with E-state index in [1.165, 1.54) is 36.6 Å². The molecule has 0 radical (unpaired) electrons. The van der Waals surface area contributed by atoms with Gasteiger partial charge in [-0.2, -0.15) is 13.2 Å². The number of likely N-dealkylation sites (N-methyl/N-ethyl adjacent to an activating group) is 1. The van der Waals surface area contributed by atoms with Crippen LogP contribution in [-0.4, -0.2) is 52.4 Å². The number of nitrogens with one attached hydrogen (secondary N) is 1. The van der Waals surface area contributed by atoms with E-state index in [4.69, 9.17) is 4.74 Å². The number of hydrogen-bond donors (Lipinski definition) is 1. The predicted octanol–water partition coefficient (Wildman–Crippen LogP) is 4.68. The Bertz CT molecular complexity index is 1500. The van der Waals surface area contributed by atoms with Gasteiger partial charge in [0, 0.05) is 18.0 Å². The lowest BCUT2D eigenvalue weighted by Gasteiger charge is -2.25. The number of thiophene rings is 1. The monoisotopic (exact) mass is 581 g/mol. The third-order valence-corrected chi connectivity index (χ3v) is 9.17. The molecule has 1 aromatic heterocycles. The minimum atomic E-state index is -4.73. The zero-order valence-corrected chi connectivity index (χ0v) is 23.0. The molecule has 0 spiro atoms. The van der Waals surface area contributed by atoms with Gasteiger partial charge >= 0.3 is 12.1 Å². The summed E-state index contributed by atoms with van der Waals surface area (Å²) in [6, 6.07) is 9.50. The third-order valence-electron chi connectivity index (χ3n) is 6.25. The number of hydrogen-bond acceptors (Lipinski definition) is 7. The first kappa shape index (κ1) is 28.6. The molecular formula is C26H26F3N3O5S2. The fraction of sp³-hybridized carbons (Fsp3) is 0.308.